The molecule has 3 amide bonds. The third-order valence-corrected chi connectivity index (χ3v) is 5.00. The van der Waals surface area contributed by atoms with E-state index in [-0.39, 0.29) is 11.9 Å². The van der Waals surface area contributed by atoms with Crippen molar-refractivity contribution in [3.8, 4) is 0 Å². The first-order valence-electron chi connectivity index (χ1n) is 10.6. The lowest BCUT2D eigenvalue weighted by Crippen LogP contribution is -2.31. The van der Waals surface area contributed by atoms with Gasteiger partial charge in [0.1, 0.15) is 5.76 Å². The normalized spacial score (nSPS) is 10.5. The van der Waals surface area contributed by atoms with E-state index < -0.39 is 0 Å². The number of rotatable bonds is 8. The fourth-order valence-electron chi connectivity index (χ4n) is 3.52. The molecule has 2 aromatic carbocycles. The van der Waals surface area contributed by atoms with Crippen molar-refractivity contribution in [3.63, 3.8) is 0 Å². The third kappa shape index (κ3) is 5.91. The van der Waals surface area contributed by atoms with E-state index in [1.165, 1.54) is 0 Å². The molecule has 1 aromatic heterocycles. The van der Waals surface area contributed by atoms with Crippen molar-refractivity contribution in [2.75, 3.05) is 30.9 Å². The van der Waals surface area contributed by atoms with Crippen molar-refractivity contribution < 1.29 is 14.0 Å². The van der Waals surface area contributed by atoms with Crippen molar-refractivity contribution in [3.05, 3.63) is 83.3 Å². The maximum absolute atomic E-state index is 13.4. The molecule has 1 heterocycles. The molecular formula is C25H30N4O3. The highest BCUT2D eigenvalue weighted by Gasteiger charge is 2.20. The molecule has 0 aliphatic carbocycles. The van der Waals surface area contributed by atoms with Gasteiger partial charge in [-0.25, -0.2) is 4.79 Å². The number of anilines is 2. The molecule has 3 aromatic rings. The van der Waals surface area contributed by atoms with Crippen molar-refractivity contribution in [2.24, 2.45) is 0 Å². The van der Waals surface area contributed by atoms with Crippen LogP contribution in [0, 0.1) is 6.92 Å². The minimum atomic E-state index is -0.265. The van der Waals surface area contributed by atoms with Crippen molar-refractivity contribution in [2.45, 2.75) is 26.9 Å². The second-order valence-corrected chi connectivity index (χ2v) is 7.83. The Morgan fingerprint density at radius 3 is 2.47 bits per heavy atom. The van der Waals surface area contributed by atoms with Gasteiger partial charge in [-0.05, 0) is 61.9 Å². The predicted molar refractivity (Wildman–Crippen MR) is 127 cm³/mol. The zero-order valence-electron chi connectivity index (χ0n) is 19.0. The van der Waals surface area contributed by atoms with E-state index in [1.807, 2.05) is 87.4 Å². The monoisotopic (exact) mass is 434 g/mol. The SMILES string of the molecule is CCNC(=O)Nc1ccc(N(C)C)c(CN(Cc2ccco2)C(=O)c2cccc(C)c2)c1. The highest BCUT2D eigenvalue weighted by molar-refractivity contribution is 5.94. The number of nitrogens with zero attached hydrogens (tertiary/aromatic N) is 2. The minimum absolute atomic E-state index is 0.0862. The summed E-state index contributed by atoms with van der Waals surface area (Å²) in [4.78, 5) is 29.2. The molecular weight excluding hydrogens is 404 g/mol. The summed E-state index contributed by atoms with van der Waals surface area (Å²) >= 11 is 0. The number of benzene rings is 2. The van der Waals surface area contributed by atoms with Gasteiger partial charge in [-0.1, -0.05) is 17.7 Å². The second-order valence-electron chi connectivity index (χ2n) is 7.83. The van der Waals surface area contributed by atoms with Gasteiger partial charge in [0, 0.05) is 44.1 Å². The van der Waals surface area contributed by atoms with E-state index in [0.29, 0.717) is 36.6 Å². The van der Waals surface area contributed by atoms with E-state index >= 15 is 0 Å². The second kappa shape index (κ2) is 10.5. The van der Waals surface area contributed by atoms with Crippen molar-refractivity contribution in [1.82, 2.24) is 10.2 Å². The van der Waals surface area contributed by atoms with E-state index in [9.17, 15) is 9.59 Å². The first-order chi connectivity index (χ1) is 15.4. The van der Waals surface area contributed by atoms with Crippen LogP contribution in [0.25, 0.3) is 0 Å². The summed E-state index contributed by atoms with van der Waals surface area (Å²) in [5.41, 5.74) is 4.19. The number of furan rings is 1. The molecule has 0 unspecified atom stereocenters. The standard InChI is InChI=1S/C25H30N4O3/c1-5-26-25(31)27-21-11-12-23(28(3)4)20(15-21)16-29(17-22-10-7-13-32-22)24(30)19-9-6-8-18(2)14-19/h6-15H,5,16-17H2,1-4H3,(H2,26,27,31). The number of hydrogen-bond donors (Lipinski definition) is 2. The van der Waals surface area contributed by atoms with E-state index in [4.69, 9.17) is 4.42 Å². The van der Waals surface area contributed by atoms with E-state index in [2.05, 4.69) is 10.6 Å². The van der Waals surface area contributed by atoms with Crippen LogP contribution in [-0.4, -0.2) is 37.5 Å². The Morgan fingerprint density at radius 1 is 1.00 bits per heavy atom. The molecule has 0 radical (unpaired) electrons. The highest BCUT2D eigenvalue weighted by Crippen LogP contribution is 2.26. The number of urea groups is 1. The molecule has 0 spiro atoms. The number of aryl methyl sites for hydroxylation is 1. The van der Waals surface area contributed by atoms with Crippen LogP contribution in [0.1, 0.15) is 34.2 Å². The Morgan fingerprint density at radius 2 is 1.81 bits per heavy atom. The highest BCUT2D eigenvalue weighted by atomic mass is 16.3. The first-order valence-corrected chi connectivity index (χ1v) is 10.6. The predicted octanol–water partition coefficient (Wildman–Crippen LogP) is 4.64. The topological polar surface area (TPSA) is 77.8 Å². The molecule has 0 bridgehead atoms. The van der Waals surface area contributed by atoms with Crippen LogP contribution in [-0.2, 0) is 13.1 Å². The van der Waals surface area contributed by atoms with E-state index in [0.717, 1.165) is 16.8 Å². The van der Waals surface area contributed by atoms with Gasteiger partial charge in [0.05, 0.1) is 12.8 Å². The molecule has 0 atom stereocenters. The zero-order valence-corrected chi connectivity index (χ0v) is 19.0. The Hall–Kier alpha value is -3.74. The van der Waals surface area contributed by atoms with Crippen LogP contribution in [0.4, 0.5) is 16.2 Å². The molecule has 168 valence electrons. The van der Waals surface area contributed by atoms with Crippen molar-refractivity contribution in [1.29, 1.82) is 0 Å². The molecule has 7 heteroatoms. The largest absolute Gasteiger partial charge is 0.467 e. The molecule has 0 saturated carbocycles. The Bertz CT molecular complexity index is 1060. The first kappa shape index (κ1) is 22.9. The lowest BCUT2D eigenvalue weighted by Gasteiger charge is -2.26. The lowest BCUT2D eigenvalue weighted by atomic mass is 10.1. The molecule has 32 heavy (non-hydrogen) atoms. The minimum Gasteiger partial charge on any atom is -0.467 e. The number of hydrogen-bond acceptors (Lipinski definition) is 4. The zero-order chi connectivity index (χ0) is 23.1. The summed E-state index contributed by atoms with van der Waals surface area (Å²) in [7, 11) is 3.91. The maximum Gasteiger partial charge on any atom is 0.319 e. The quantitative estimate of drug-likeness (QED) is 0.542. The van der Waals surface area contributed by atoms with Gasteiger partial charge in [-0.2, -0.15) is 0 Å². The molecule has 0 aliphatic rings. The smallest absolute Gasteiger partial charge is 0.319 e. The summed E-state index contributed by atoms with van der Waals surface area (Å²) < 4.78 is 5.52. The molecule has 7 nitrogen and oxygen atoms in total. The summed E-state index contributed by atoms with van der Waals surface area (Å²) in [6, 6.07) is 16.7. The molecule has 3 rings (SSSR count). The number of nitrogens with one attached hydrogen (secondary N) is 2. The fraction of sp³-hybridized carbons (Fsp3) is 0.280. The van der Waals surface area contributed by atoms with Crippen LogP contribution in [0.2, 0.25) is 0 Å². The van der Waals surface area contributed by atoms with Gasteiger partial charge >= 0.3 is 6.03 Å². The number of carbonyl (C=O) groups excluding carboxylic acids is 2. The average molecular weight is 435 g/mol. The lowest BCUT2D eigenvalue weighted by molar-refractivity contribution is 0.0718. The third-order valence-electron chi connectivity index (χ3n) is 5.00. The van der Waals surface area contributed by atoms with Gasteiger partial charge in [0.15, 0.2) is 0 Å². The average Bonchev–Trinajstić information content (AvgIpc) is 3.26. The fourth-order valence-corrected chi connectivity index (χ4v) is 3.52. The molecule has 0 aliphatic heterocycles. The summed E-state index contributed by atoms with van der Waals surface area (Å²) in [5, 5.41) is 5.57. The van der Waals surface area contributed by atoms with E-state index in [1.54, 1.807) is 11.2 Å². The number of carbonyl (C=O) groups is 2. The Labute approximate surface area is 189 Å². The van der Waals surface area contributed by atoms with Gasteiger partial charge in [-0.15, -0.1) is 0 Å². The molecule has 2 N–H and O–H groups in total. The molecule has 0 fully saturated rings. The summed E-state index contributed by atoms with van der Waals surface area (Å²) in [6.07, 6.45) is 1.60. The van der Waals surface area contributed by atoms with Crippen LogP contribution >= 0.6 is 0 Å². The Kier molecular flexibility index (Phi) is 7.54. The van der Waals surface area contributed by atoms with Gasteiger partial charge in [0.2, 0.25) is 0 Å². The van der Waals surface area contributed by atoms with Crippen LogP contribution in [0.5, 0.6) is 0 Å². The summed E-state index contributed by atoms with van der Waals surface area (Å²) in [6.45, 7) is 5.06. The van der Waals surface area contributed by atoms with Crippen LogP contribution in [0.3, 0.4) is 0 Å². The Balaban J connectivity index is 1.94. The molecule has 0 saturated heterocycles. The van der Waals surface area contributed by atoms with Gasteiger partial charge < -0.3 is 24.9 Å². The summed E-state index contributed by atoms with van der Waals surface area (Å²) in [5.74, 6) is 0.617. The van der Waals surface area contributed by atoms with Gasteiger partial charge in [0.25, 0.3) is 5.91 Å². The van der Waals surface area contributed by atoms with Crippen molar-refractivity contribution >= 4 is 23.3 Å². The van der Waals surface area contributed by atoms with Crippen LogP contribution < -0.4 is 15.5 Å². The van der Waals surface area contributed by atoms with Crippen LogP contribution in [0.15, 0.2) is 65.3 Å². The van der Waals surface area contributed by atoms with Gasteiger partial charge in [-0.3, -0.25) is 4.79 Å². The number of amides is 3. The maximum atomic E-state index is 13.4.